The van der Waals surface area contributed by atoms with Gasteiger partial charge in [-0.15, -0.1) is 0 Å². The third-order valence-electron chi connectivity index (χ3n) is 2.94. The first kappa shape index (κ1) is 15.1. The van der Waals surface area contributed by atoms with E-state index in [1.807, 2.05) is 12.3 Å². The van der Waals surface area contributed by atoms with Crippen molar-refractivity contribution in [3.05, 3.63) is 46.2 Å². The summed E-state index contributed by atoms with van der Waals surface area (Å²) in [5, 5.41) is 3.44. The average Bonchev–Trinajstić information content (AvgIpc) is 2.39. The van der Waals surface area contributed by atoms with Crippen LogP contribution in [-0.2, 0) is 6.54 Å². The lowest BCUT2D eigenvalue weighted by molar-refractivity contribution is 0.421. The fourth-order valence-electron chi connectivity index (χ4n) is 1.72. The van der Waals surface area contributed by atoms with E-state index in [9.17, 15) is 0 Å². The van der Waals surface area contributed by atoms with Gasteiger partial charge in [0.25, 0.3) is 0 Å². The molecule has 0 atom stereocenters. The zero-order valence-corrected chi connectivity index (χ0v) is 14.0. The van der Waals surface area contributed by atoms with Gasteiger partial charge in [-0.25, -0.2) is 9.97 Å². The number of benzene rings is 1. The summed E-state index contributed by atoms with van der Waals surface area (Å²) in [5.41, 5.74) is 3.32. The molecule has 0 saturated carbocycles. The number of hydrogen-bond acceptors (Lipinski definition) is 3. The Labute approximate surface area is 129 Å². The molecule has 0 amide bonds. The maximum absolute atomic E-state index is 4.62. The van der Waals surface area contributed by atoms with Crippen LogP contribution in [0.1, 0.15) is 32.0 Å². The molecule has 0 aliphatic carbocycles. The van der Waals surface area contributed by atoms with E-state index in [2.05, 4.69) is 77.1 Å². The second-order valence-corrected chi connectivity index (χ2v) is 6.79. The van der Waals surface area contributed by atoms with Gasteiger partial charge in [0.05, 0.1) is 5.69 Å². The van der Waals surface area contributed by atoms with Crippen molar-refractivity contribution in [2.45, 2.75) is 39.8 Å². The Hall–Kier alpha value is -1.26. The molecule has 2 rings (SSSR count). The third-order valence-corrected chi connectivity index (χ3v) is 3.80. The Bertz CT molecular complexity index is 603. The van der Waals surface area contributed by atoms with Crippen molar-refractivity contribution in [1.29, 1.82) is 0 Å². The predicted molar refractivity (Wildman–Crippen MR) is 86.5 cm³/mol. The lowest BCUT2D eigenvalue weighted by Crippen LogP contribution is -2.35. The predicted octanol–water partition coefficient (Wildman–Crippen LogP) is 4.10. The number of hydrogen-bond donors (Lipinski definition) is 1. The third kappa shape index (κ3) is 4.12. The molecule has 2 aromatic rings. The summed E-state index contributed by atoms with van der Waals surface area (Å²) in [6, 6.07) is 8.14. The van der Waals surface area contributed by atoms with E-state index < -0.39 is 0 Å². The van der Waals surface area contributed by atoms with Crippen LogP contribution in [0.2, 0.25) is 0 Å². The molecule has 4 heteroatoms. The Morgan fingerprint density at radius 1 is 1.20 bits per heavy atom. The molecular formula is C16H20BrN3. The fraction of sp³-hybridized carbons (Fsp3) is 0.375. The van der Waals surface area contributed by atoms with Crippen LogP contribution in [0.4, 0.5) is 0 Å². The van der Waals surface area contributed by atoms with E-state index in [0.29, 0.717) is 0 Å². The smallest absolute Gasteiger partial charge is 0.159 e. The Kier molecular flexibility index (Phi) is 4.55. The number of aryl methyl sites for hydroxylation is 1. The maximum atomic E-state index is 4.62. The normalized spacial score (nSPS) is 11.7. The highest BCUT2D eigenvalue weighted by Gasteiger charge is 2.10. The highest BCUT2D eigenvalue weighted by Crippen LogP contribution is 2.23. The lowest BCUT2D eigenvalue weighted by Gasteiger charge is -2.20. The van der Waals surface area contributed by atoms with Crippen molar-refractivity contribution in [2.24, 2.45) is 0 Å². The average molecular weight is 334 g/mol. The number of nitrogens with one attached hydrogen (secondary N) is 1. The summed E-state index contributed by atoms with van der Waals surface area (Å²) in [7, 11) is 0. The van der Waals surface area contributed by atoms with Crippen LogP contribution in [0, 0.1) is 6.92 Å². The van der Waals surface area contributed by atoms with Crippen molar-refractivity contribution in [2.75, 3.05) is 0 Å². The summed E-state index contributed by atoms with van der Waals surface area (Å²) < 4.78 is 1.08. The molecule has 0 aliphatic heterocycles. The minimum atomic E-state index is 0.0813. The molecule has 0 saturated heterocycles. The molecule has 0 bridgehead atoms. The summed E-state index contributed by atoms with van der Waals surface area (Å²) in [4.78, 5) is 8.99. The standard InChI is InChI=1S/C16H20BrN3/c1-11-5-6-12(9-14(11)17)15-18-8-7-13(20-15)10-19-16(2,3)4/h5-9,19H,10H2,1-4H3. The molecular weight excluding hydrogens is 314 g/mol. The first-order valence-corrected chi connectivity index (χ1v) is 7.48. The van der Waals surface area contributed by atoms with Crippen LogP contribution in [-0.4, -0.2) is 15.5 Å². The fourth-order valence-corrected chi connectivity index (χ4v) is 2.10. The molecule has 1 heterocycles. The summed E-state index contributed by atoms with van der Waals surface area (Å²) in [6.07, 6.45) is 1.82. The van der Waals surface area contributed by atoms with E-state index in [-0.39, 0.29) is 5.54 Å². The monoisotopic (exact) mass is 333 g/mol. The van der Waals surface area contributed by atoms with Gasteiger partial charge in [0.2, 0.25) is 0 Å². The molecule has 20 heavy (non-hydrogen) atoms. The topological polar surface area (TPSA) is 37.8 Å². The van der Waals surface area contributed by atoms with Crippen LogP contribution in [0.25, 0.3) is 11.4 Å². The highest BCUT2D eigenvalue weighted by molar-refractivity contribution is 9.10. The number of nitrogens with zero attached hydrogens (tertiary/aromatic N) is 2. The van der Waals surface area contributed by atoms with Crippen LogP contribution in [0.3, 0.4) is 0 Å². The quantitative estimate of drug-likeness (QED) is 0.918. The number of aromatic nitrogens is 2. The van der Waals surface area contributed by atoms with E-state index >= 15 is 0 Å². The van der Waals surface area contributed by atoms with Crippen molar-refractivity contribution >= 4 is 15.9 Å². The zero-order chi connectivity index (χ0) is 14.8. The van der Waals surface area contributed by atoms with Gasteiger partial charge in [0.15, 0.2) is 5.82 Å². The van der Waals surface area contributed by atoms with E-state index in [4.69, 9.17) is 0 Å². The molecule has 0 fully saturated rings. The van der Waals surface area contributed by atoms with Crippen molar-refractivity contribution in [3.8, 4) is 11.4 Å². The molecule has 1 aromatic heterocycles. The van der Waals surface area contributed by atoms with Gasteiger partial charge in [-0.2, -0.15) is 0 Å². The molecule has 3 nitrogen and oxygen atoms in total. The van der Waals surface area contributed by atoms with Gasteiger partial charge < -0.3 is 5.32 Å². The zero-order valence-electron chi connectivity index (χ0n) is 12.4. The van der Waals surface area contributed by atoms with E-state index in [1.165, 1.54) is 5.56 Å². The van der Waals surface area contributed by atoms with Gasteiger partial charge in [-0.3, -0.25) is 0 Å². The molecule has 0 radical (unpaired) electrons. The lowest BCUT2D eigenvalue weighted by atomic mass is 10.1. The van der Waals surface area contributed by atoms with Gasteiger partial charge in [0, 0.05) is 28.3 Å². The molecule has 1 aromatic carbocycles. The first-order chi connectivity index (χ1) is 9.35. The van der Waals surface area contributed by atoms with E-state index in [1.54, 1.807) is 0 Å². The Morgan fingerprint density at radius 2 is 1.95 bits per heavy atom. The SMILES string of the molecule is Cc1ccc(-c2nccc(CNC(C)(C)C)n2)cc1Br. The van der Waals surface area contributed by atoms with Gasteiger partial charge in [-0.05, 0) is 45.4 Å². The summed E-state index contributed by atoms with van der Waals surface area (Å²) in [6.45, 7) is 9.25. The molecule has 0 aliphatic rings. The van der Waals surface area contributed by atoms with Crippen LogP contribution in [0.15, 0.2) is 34.9 Å². The van der Waals surface area contributed by atoms with Crippen molar-refractivity contribution in [1.82, 2.24) is 15.3 Å². The molecule has 0 unspecified atom stereocenters. The van der Waals surface area contributed by atoms with Crippen LogP contribution < -0.4 is 5.32 Å². The molecule has 0 spiro atoms. The van der Waals surface area contributed by atoms with E-state index in [0.717, 1.165) is 28.1 Å². The minimum Gasteiger partial charge on any atom is -0.306 e. The minimum absolute atomic E-state index is 0.0813. The van der Waals surface area contributed by atoms with Crippen LogP contribution >= 0.6 is 15.9 Å². The van der Waals surface area contributed by atoms with Gasteiger partial charge in [0.1, 0.15) is 0 Å². The Balaban J connectivity index is 2.23. The molecule has 1 N–H and O–H groups in total. The summed E-state index contributed by atoms with van der Waals surface area (Å²) in [5.74, 6) is 0.763. The van der Waals surface area contributed by atoms with Crippen molar-refractivity contribution < 1.29 is 0 Å². The first-order valence-electron chi connectivity index (χ1n) is 6.69. The molecule has 106 valence electrons. The second-order valence-electron chi connectivity index (χ2n) is 5.94. The van der Waals surface area contributed by atoms with Crippen LogP contribution in [0.5, 0.6) is 0 Å². The van der Waals surface area contributed by atoms with Gasteiger partial charge >= 0.3 is 0 Å². The number of rotatable bonds is 3. The summed E-state index contributed by atoms with van der Waals surface area (Å²) >= 11 is 3.55. The van der Waals surface area contributed by atoms with Crippen molar-refractivity contribution in [3.63, 3.8) is 0 Å². The second kappa shape index (κ2) is 6.02. The van der Waals surface area contributed by atoms with Gasteiger partial charge in [-0.1, -0.05) is 28.1 Å². The largest absolute Gasteiger partial charge is 0.306 e. The maximum Gasteiger partial charge on any atom is 0.159 e. The number of halogens is 1. The highest BCUT2D eigenvalue weighted by atomic mass is 79.9. The Morgan fingerprint density at radius 3 is 2.60 bits per heavy atom.